The zero-order valence-corrected chi connectivity index (χ0v) is 20.4. The van der Waals surface area contributed by atoms with Crippen molar-refractivity contribution in [3.05, 3.63) is 113 Å². The van der Waals surface area contributed by atoms with Crippen molar-refractivity contribution in [1.82, 2.24) is 15.1 Å². The number of nitrogens with zero attached hydrogens (tertiary/aromatic N) is 3. The van der Waals surface area contributed by atoms with Gasteiger partial charge < -0.3 is 9.84 Å². The van der Waals surface area contributed by atoms with Crippen LogP contribution in [0.2, 0.25) is 5.02 Å². The van der Waals surface area contributed by atoms with Crippen LogP contribution in [0.3, 0.4) is 0 Å². The van der Waals surface area contributed by atoms with Gasteiger partial charge in [0.15, 0.2) is 5.82 Å². The predicted molar refractivity (Wildman–Crippen MR) is 141 cm³/mol. The normalized spacial score (nSPS) is 10.7. The van der Waals surface area contributed by atoms with Crippen molar-refractivity contribution >= 4 is 35.1 Å². The maximum atomic E-state index is 13.6. The zero-order chi connectivity index (χ0) is 26.5. The molecule has 8 nitrogen and oxygen atoms in total. The molecule has 188 valence electrons. The van der Waals surface area contributed by atoms with Crippen LogP contribution in [0.4, 0.5) is 16.1 Å². The van der Waals surface area contributed by atoms with Gasteiger partial charge in [-0.05, 0) is 54.1 Å². The fraction of sp³-hybridized carbons (Fsp3) is 0.0357. The van der Waals surface area contributed by atoms with Crippen molar-refractivity contribution in [2.24, 2.45) is 0 Å². The van der Waals surface area contributed by atoms with Crippen molar-refractivity contribution in [2.45, 2.75) is 6.42 Å². The van der Waals surface area contributed by atoms with Gasteiger partial charge in [0, 0.05) is 22.3 Å². The molecule has 0 saturated heterocycles. The molecule has 0 aliphatic rings. The molecule has 2 heterocycles. The van der Waals surface area contributed by atoms with Crippen LogP contribution in [0, 0.1) is 5.82 Å². The van der Waals surface area contributed by atoms with E-state index in [1.807, 2.05) is 6.07 Å². The average Bonchev–Trinajstić information content (AvgIpc) is 3.34. The van der Waals surface area contributed by atoms with Crippen LogP contribution < -0.4 is 10.6 Å². The molecule has 0 spiro atoms. The number of aromatic nitrogens is 3. The summed E-state index contributed by atoms with van der Waals surface area (Å²) in [5.74, 6) is -0.836. The first-order chi connectivity index (χ1) is 18.5. The summed E-state index contributed by atoms with van der Waals surface area (Å²) in [5.41, 5.74) is 2.15. The largest absolute Gasteiger partial charge is 0.337 e. The molecule has 2 amide bonds. The van der Waals surface area contributed by atoms with E-state index < -0.39 is 11.7 Å². The molecule has 5 aromatic rings. The van der Waals surface area contributed by atoms with E-state index in [2.05, 4.69) is 25.8 Å². The predicted octanol–water partition coefficient (Wildman–Crippen LogP) is 6.02. The second-order valence-corrected chi connectivity index (χ2v) is 8.55. The lowest BCUT2D eigenvalue weighted by molar-refractivity contribution is -0.115. The highest BCUT2D eigenvalue weighted by atomic mass is 35.5. The molecule has 0 bridgehead atoms. The summed E-state index contributed by atoms with van der Waals surface area (Å²) in [6, 6.07) is 22.8. The summed E-state index contributed by atoms with van der Waals surface area (Å²) >= 11 is 6.20. The highest BCUT2D eigenvalue weighted by Crippen LogP contribution is 2.36. The molecule has 2 aromatic heterocycles. The van der Waals surface area contributed by atoms with Gasteiger partial charge in [0.2, 0.25) is 11.8 Å². The number of hydrogen-bond donors (Lipinski definition) is 2. The lowest BCUT2D eigenvalue weighted by atomic mass is 10.1. The Labute approximate surface area is 221 Å². The highest BCUT2D eigenvalue weighted by Gasteiger charge is 2.24. The van der Waals surface area contributed by atoms with Gasteiger partial charge in [0.25, 0.3) is 5.91 Å². The molecular weight excluding hydrogens is 509 g/mol. The number of rotatable bonds is 7. The van der Waals surface area contributed by atoms with Crippen LogP contribution in [0.5, 0.6) is 0 Å². The van der Waals surface area contributed by atoms with Gasteiger partial charge in [0.05, 0.1) is 6.42 Å². The second kappa shape index (κ2) is 11.0. The van der Waals surface area contributed by atoms with Crippen molar-refractivity contribution in [2.75, 3.05) is 10.6 Å². The van der Waals surface area contributed by atoms with Gasteiger partial charge in [-0.2, -0.15) is 0 Å². The zero-order valence-electron chi connectivity index (χ0n) is 19.7. The van der Waals surface area contributed by atoms with Gasteiger partial charge in [-0.15, -0.1) is 0 Å². The molecule has 0 radical (unpaired) electrons. The monoisotopic (exact) mass is 527 g/mol. The van der Waals surface area contributed by atoms with Crippen LogP contribution >= 0.6 is 11.6 Å². The van der Waals surface area contributed by atoms with E-state index in [9.17, 15) is 14.0 Å². The maximum absolute atomic E-state index is 13.6. The molecule has 0 saturated carbocycles. The first-order valence-electron chi connectivity index (χ1n) is 11.5. The molecule has 3 aromatic carbocycles. The number of carbonyl (C=O) groups excluding carboxylic acids is 2. The summed E-state index contributed by atoms with van der Waals surface area (Å²) in [7, 11) is 0. The van der Waals surface area contributed by atoms with Gasteiger partial charge in [0.1, 0.15) is 22.9 Å². The molecule has 0 aliphatic carbocycles. The third kappa shape index (κ3) is 5.58. The SMILES string of the molecule is O=C(Cc1ccccc1Cl)Nc1onc(-c2ccc(F)cc2)c1-c1nccc(NC(=O)c2ccccc2)n1. The quantitative estimate of drug-likeness (QED) is 0.267. The average molecular weight is 528 g/mol. The molecule has 5 rings (SSSR count). The molecule has 10 heteroatoms. The van der Waals surface area contributed by atoms with Crippen molar-refractivity contribution in [3.8, 4) is 22.6 Å². The van der Waals surface area contributed by atoms with Crippen molar-refractivity contribution in [1.29, 1.82) is 0 Å². The van der Waals surface area contributed by atoms with E-state index in [0.29, 0.717) is 21.7 Å². The Kier molecular flexibility index (Phi) is 7.19. The van der Waals surface area contributed by atoms with Gasteiger partial charge in [-0.1, -0.05) is 53.2 Å². The number of carbonyl (C=O) groups is 2. The lowest BCUT2D eigenvalue weighted by Crippen LogP contribution is -2.15. The first-order valence-corrected chi connectivity index (χ1v) is 11.8. The number of benzene rings is 3. The molecular formula is C28H19ClFN5O3. The maximum Gasteiger partial charge on any atom is 0.256 e. The van der Waals surface area contributed by atoms with E-state index in [-0.39, 0.29) is 41.1 Å². The summed E-state index contributed by atoms with van der Waals surface area (Å²) in [6.07, 6.45) is 1.44. The smallest absolute Gasteiger partial charge is 0.256 e. The lowest BCUT2D eigenvalue weighted by Gasteiger charge is -2.08. The van der Waals surface area contributed by atoms with Crippen LogP contribution in [0.25, 0.3) is 22.6 Å². The molecule has 0 atom stereocenters. The summed E-state index contributed by atoms with van der Waals surface area (Å²) in [5, 5.41) is 10.00. The Morgan fingerprint density at radius 3 is 2.39 bits per heavy atom. The third-order valence-electron chi connectivity index (χ3n) is 5.53. The minimum Gasteiger partial charge on any atom is -0.337 e. The van der Waals surface area contributed by atoms with Gasteiger partial charge >= 0.3 is 0 Å². The highest BCUT2D eigenvalue weighted by molar-refractivity contribution is 6.31. The Morgan fingerprint density at radius 1 is 0.895 bits per heavy atom. The van der Waals surface area contributed by atoms with E-state index in [4.69, 9.17) is 16.1 Å². The number of nitrogens with one attached hydrogen (secondary N) is 2. The number of amides is 2. The molecule has 0 aliphatic heterocycles. The number of anilines is 2. The van der Waals surface area contributed by atoms with E-state index in [1.165, 1.54) is 36.5 Å². The fourth-order valence-corrected chi connectivity index (χ4v) is 3.90. The molecule has 0 fully saturated rings. The summed E-state index contributed by atoms with van der Waals surface area (Å²) in [6.45, 7) is 0. The van der Waals surface area contributed by atoms with Crippen LogP contribution in [-0.2, 0) is 11.2 Å². The van der Waals surface area contributed by atoms with Gasteiger partial charge in [-0.3, -0.25) is 14.9 Å². The Hall–Kier alpha value is -4.89. The Morgan fingerprint density at radius 2 is 1.63 bits per heavy atom. The molecule has 0 unspecified atom stereocenters. The topological polar surface area (TPSA) is 110 Å². The first kappa shape index (κ1) is 24.8. The minimum atomic E-state index is -0.422. The van der Waals surface area contributed by atoms with Crippen LogP contribution in [0.1, 0.15) is 15.9 Å². The second-order valence-electron chi connectivity index (χ2n) is 8.14. The van der Waals surface area contributed by atoms with Crippen molar-refractivity contribution in [3.63, 3.8) is 0 Å². The summed E-state index contributed by atoms with van der Waals surface area (Å²) < 4.78 is 19.1. The molecule has 38 heavy (non-hydrogen) atoms. The standard InChI is InChI=1S/C28H19ClFN5O3/c29-21-9-5-4-8-19(21)16-23(36)34-28-24(25(35-38-28)17-10-12-20(30)13-11-17)26-31-15-14-22(32-26)33-27(37)18-6-2-1-3-7-18/h1-15H,16H2,(H,34,36)(H,31,32,33,37). The Bertz CT molecular complexity index is 1610. The number of hydrogen-bond acceptors (Lipinski definition) is 6. The minimum absolute atomic E-state index is 0.00656. The number of halogens is 2. The van der Waals surface area contributed by atoms with Gasteiger partial charge in [-0.25, -0.2) is 14.4 Å². The Balaban J connectivity index is 1.49. The molecule has 2 N–H and O–H groups in total. The fourth-order valence-electron chi connectivity index (χ4n) is 3.70. The van der Waals surface area contributed by atoms with Crippen LogP contribution in [-0.4, -0.2) is 26.9 Å². The van der Waals surface area contributed by atoms with E-state index in [0.717, 1.165) is 0 Å². The van der Waals surface area contributed by atoms with Crippen molar-refractivity contribution < 1.29 is 18.5 Å². The van der Waals surface area contributed by atoms with Crippen LogP contribution in [0.15, 0.2) is 95.6 Å². The van der Waals surface area contributed by atoms with E-state index in [1.54, 1.807) is 48.5 Å². The third-order valence-corrected chi connectivity index (χ3v) is 5.90. The van der Waals surface area contributed by atoms with E-state index >= 15 is 0 Å². The summed E-state index contributed by atoms with van der Waals surface area (Å²) in [4.78, 5) is 34.3.